The molecule has 1 aliphatic heterocycles. The molecule has 1 heterocycles. The monoisotopic (exact) mass is 200 g/mol. The van der Waals surface area contributed by atoms with Crippen LogP contribution in [0.5, 0.6) is 0 Å². The molecule has 0 bridgehead atoms. The van der Waals surface area contributed by atoms with E-state index in [1.165, 1.54) is 0 Å². The van der Waals surface area contributed by atoms with Crippen molar-refractivity contribution >= 4 is 5.97 Å². The highest BCUT2D eigenvalue weighted by Crippen LogP contribution is 2.09. The standard InChI is InChI=1S/C10H20N2O2/c1-4-14-9(13)7-12-6-5-11-10(2,3)8-12/h11H,4-8H2,1-3H3. The van der Waals surface area contributed by atoms with Crippen molar-refractivity contribution in [3.8, 4) is 0 Å². The maximum atomic E-state index is 11.2. The highest BCUT2D eigenvalue weighted by Gasteiger charge is 2.26. The second-order valence-corrected chi connectivity index (χ2v) is 4.33. The molecule has 0 aromatic heterocycles. The number of hydrogen-bond acceptors (Lipinski definition) is 4. The largest absolute Gasteiger partial charge is 0.465 e. The zero-order valence-electron chi connectivity index (χ0n) is 9.30. The molecule has 0 aliphatic carbocycles. The third-order valence-electron chi connectivity index (χ3n) is 2.31. The number of ether oxygens (including phenoxy) is 1. The van der Waals surface area contributed by atoms with Gasteiger partial charge in [0.05, 0.1) is 13.2 Å². The molecule has 14 heavy (non-hydrogen) atoms. The molecule has 0 saturated carbocycles. The van der Waals surface area contributed by atoms with E-state index in [0.717, 1.165) is 19.6 Å². The molecule has 1 rings (SSSR count). The van der Waals surface area contributed by atoms with Crippen LogP contribution in [0.25, 0.3) is 0 Å². The van der Waals surface area contributed by atoms with Crippen LogP contribution in [-0.4, -0.2) is 49.2 Å². The molecular weight excluding hydrogens is 180 g/mol. The molecule has 0 unspecified atom stereocenters. The SMILES string of the molecule is CCOC(=O)CN1CCNC(C)(C)C1. The fourth-order valence-electron chi connectivity index (χ4n) is 1.77. The predicted molar refractivity (Wildman–Crippen MR) is 55.2 cm³/mol. The number of rotatable bonds is 3. The second kappa shape index (κ2) is 4.75. The summed E-state index contributed by atoms with van der Waals surface area (Å²) in [5, 5.41) is 3.40. The van der Waals surface area contributed by atoms with Gasteiger partial charge in [0.1, 0.15) is 0 Å². The highest BCUT2D eigenvalue weighted by molar-refractivity contribution is 5.71. The fraction of sp³-hybridized carbons (Fsp3) is 0.900. The molecule has 0 spiro atoms. The van der Waals surface area contributed by atoms with Crippen LogP contribution >= 0.6 is 0 Å². The maximum absolute atomic E-state index is 11.2. The maximum Gasteiger partial charge on any atom is 0.320 e. The minimum atomic E-state index is -0.120. The smallest absolute Gasteiger partial charge is 0.320 e. The van der Waals surface area contributed by atoms with E-state index in [-0.39, 0.29) is 11.5 Å². The highest BCUT2D eigenvalue weighted by atomic mass is 16.5. The average molecular weight is 200 g/mol. The van der Waals surface area contributed by atoms with E-state index in [1.807, 2.05) is 6.92 Å². The van der Waals surface area contributed by atoms with E-state index in [4.69, 9.17) is 4.74 Å². The van der Waals surface area contributed by atoms with E-state index in [0.29, 0.717) is 13.2 Å². The van der Waals surface area contributed by atoms with Crippen LogP contribution in [0.15, 0.2) is 0 Å². The second-order valence-electron chi connectivity index (χ2n) is 4.33. The van der Waals surface area contributed by atoms with E-state index in [2.05, 4.69) is 24.1 Å². The molecule has 0 amide bonds. The zero-order valence-corrected chi connectivity index (χ0v) is 9.30. The van der Waals surface area contributed by atoms with Gasteiger partial charge in [0, 0.05) is 25.2 Å². The molecule has 4 nitrogen and oxygen atoms in total. The van der Waals surface area contributed by atoms with Gasteiger partial charge in [-0.05, 0) is 20.8 Å². The van der Waals surface area contributed by atoms with E-state index in [1.54, 1.807) is 0 Å². The molecule has 0 radical (unpaired) electrons. The van der Waals surface area contributed by atoms with Crippen LogP contribution in [-0.2, 0) is 9.53 Å². The third kappa shape index (κ3) is 3.64. The summed E-state index contributed by atoms with van der Waals surface area (Å²) in [6.07, 6.45) is 0. The Morgan fingerprint density at radius 1 is 1.57 bits per heavy atom. The van der Waals surface area contributed by atoms with Gasteiger partial charge in [0.25, 0.3) is 0 Å². The Hall–Kier alpha value is -0.610. The Morgan fingerprint density at radius 2 is 2.29 bits per heavy atom. The fourth-order valence-corrected chi connectivity index (χ4v) is 1.77. The van der Waals surface area contributed by atoms with Crippen LogP contribution < -0.4 is 5.32 Å². The van der Waals surface area contributed by atoms with E-state index in [9.17, 15) is 4.79 Å². The van der Waals surface area contributed by atoms with Crippen molar-refractivity contribution < 1.29 is 9.53 Å². The quantitative estimate of drug-likeness (QED) is 0.662. The van der Waals surface area contributed by atoms with Crippen LogP contribution in [0.2, 0.25) is 0 Å². The summed E-state index contributed by atoms with van der Waals surface area (Å²) in [5.74, 6) is -0.120. The topological polar surface area (TPSA) is 41.6 Å². The van der Waals surface area contributed by atoms with Gasteiger partial charge in [-0.15, -0.1) is 0 Å². The number of hydrogen-bond donors (Lipinski definition) is 1. The third-order valence-corrected chi connectivity index (χ3v) is 2.31. The predicted octanol–water partition coefficient (Wildman–Crippen LogP) is 0.233. The Labute approximate surface area is 85.6 Å². The number of nitrogens with one attached hydrogen (secondary N) is 1. The minimum Gasteiger partial charge on any atom is -0.465 e. The number of carbonyl (C=O) groups is 1. The number of carbonyl (C=O) groups excluding carboxylic acids is 1. The molecule has 0 aromatic carbocycles. The van der Waals surface area contributed by atoms with E-state index < -0.39 is 0 Å². The van der Waals surface area contributed by atoms with Crippen molar-refractivity contribution in [1.29, 1.82) is 0 Å². The lowest BCUT2D eigenvalue weighted by atomic mass is 10.0. The number of nitrogens with zero attached hydrogens (tertiary/aromatic N) is 1. The van der Waals surface area contributed by atoms with Crippen molar-refractivity contribution in [3.63, 3.8) is 0 Å². The first-order valence-electron chi connectivity index (χ1n) is 5.16. The first-order valence-corrected chi connectivity index (χ1v) is 5.16. The average Bonchev–Trinajstić information content (AvgIpc) is 2.02. The molecule has 82 valence electrons. The molecule has 1 saturated heterocycles. The van der Waals surface area contributed by atoms with Gasteiger partial charge in [-0.2, -0.15) is 0 Å². The first kappa shape index (κ1) is 11.5. The summed E-state index contributed by atoms with van der Waals surface area (Å²) >= 11 is 0. The Kier molecular flexibility index (Phi) is 3.89. The summed E-state index contributed by atoms with van der Waals surface area (Å²) in [4.78, 5) is 13.4. The van der Waals surface area contributed by atoms with Gasteiger partial charge in [0.2, 0.25) is 0 Å². The Balaban J connectivity index is 2.34. The Morgan fingerprint density at radius 3 is 2.86 bits per heavy atom. The van der Waals surface area contributed by atoms with Crippen LogP contribution in [0.3, 0.4) is 0 Å². The molecule has 0 aromatic rings. The van der Waals surface area contributed by atoms with Crippen molar-refractivity contribution in [2.24, 2.45) is 0 Å². The normalized spacial score (nSPS) is 21.9. The minimum absolute atomic E-state index is 0.102. The Bertz CT molecular complexity index is 204. The van der Waals surface area contributed by atoms with Gasteiger partial charge in [0.15, 0.2) is 0 Å². The summed E-state index contributed by atoms with van der Waals surface area (Å²) in [6, 6.07) is 0. The van der Waals surface area contributed by atoms with Gasteiger partial charge >= 0.3 is 5.97 Å². The van der Waals surface area contributed by atoms with Gasteiger partial charge in [-0.3, -0.25) is 9.69 Å². The van der Waals surface area contributed by atoms with E-state index >= 15 is 0 Å². The lowest BCUT2D eigenvalue weighted by molar-refractivity contribution is -0.144. The lowest BCUT2D eigenvalue weighted by Gasteiger charge is -2.38. The van der Waals surface area contributed by atoms with Crippen LogP contribution in [0, 0.1) is 0 Å². The summed E-state index contributed by atoms with van der Waals surface area (Å²) in [7, 11) is 0. The van der Waals surface area contributed by atoms with Gasteiger partial charge in [-0.1, -0.05) is 0 Å². The number of piperazine rings is 1. The molecule has 4 heteroatoms. The van der Waals surface area contributed by atoms with Crippen LogP contribution in [0.1, 0.15) is 20.8 Å². The zero-order chi connectivity index (χ0) is 10.6. The van der Waals surface area contributed by atoms with Crippen molar-refractivity contribution in [2.75, 3.05) is 32.8 Å². The van der Waals surface area contributed by atoms with Crippen molar-refractivity contribution in [1.82, 2.24) is 10.2 Å². The molecule has 1 fully saturated rings. The molecule has 1 N–H and O–H groups in total. The first-order chi connectivity index (χ1) is 6.53. The number of esters is 1. The summed E-state index contributed by atoms with van der Waals surface area (Å²) < 4.78 is 4.91. The molecule has 0 atom stereocenters. The molecular formula is C10H20N2O2. The van der Waals surface area contributed by atoms with Crippen LogP contribution in [0.4, 0.5) is 0 Å². The molecule has 1 aliphatic rings. The van der Waals surface area contributed by atoms with Crippen molar-refractivity contribution in [3.05, 3.63) is 0 Å². The summed E-state index contributed by atoms with van der Waals surface area (Å²) in [6.45, 7) is 9.75. The lowest BCUT2D eigenvalue weighted by Crippen LogP contribution is -2.57. The van der Waals surface area contributed by atoms with Crippen molar-refractivity contribution in [2.45, 2.75) is 26.3 Å². The summed E-state index contributed by atoms with van der Waals surface area (Å²) in [5.41, 5.74) is 0.102. The van der Waals surface area contributed by atoms with Gasteiger partial charge < -0.3 is 10.1 Å². The van der Waals surface area contributed by atoms with Gasteiger partial charge in [-0.25, -0.2) is 0 Å².